The molecule has 1 N–H and O–H groups in total. The summed E-state index contributed by atoms with van der Waals surface area (Å²) in [5.74, 6) is 0.362. The van der Waals surface area contributed by atoms with Crippen molar-refractivity contribution in [2.45, 2.75) is 32.8 Å². The minimum Gasteiger partial charge on any atom is -0.390 e. The fourth-order valence-corrected chi connectivity index (χ4v) is 1.45. The quantitative estimate of drug-likeness (QED) is 0.654. The normalized spacial score (nSPS) is 28.9. The van der Waals surface area contributed by atoms with Gasteiger partial charge >= 0.3 is 0 Å². The Morgan fingerprint density at radius 2 is 2.25 bits per heavy atom. The molecule has 0 saturated carbocycles. The van der Waals surface area contributed by atoms with Gasteiger partial charge < -0.3 is 9.84 Å². The Balaban J connectivity index is 2.18. The Morgan fingerprint density at radius 1 is 1.50 bits per heavy atom. The van der Waals surface area contributed by atoms with Gasteiger partial charge in [-0.3, -0.25) is 0 Å². The second-order valence-electron chi connectivity index (χ2n) is 3.72. The van der Waals surface area contributed by atoms with E-state index in [9.17, 15) is 5.11 Å². The number of hydrogen-bond donors (Lipinski definition) is 1. The minimum atomic E-state index is -0.226. The van der Waals surface area contributed by atoms with E-state index in [1.54, 1.807) is 0 Å². The van der Waals surface area contributed by atoms with Crippen LogP contribution in [-0.4, -0.2) is 24.4 Å². The lowest BCUT2D eigenvalue weighted by molar-refractivity contribution is 0.117. The van der Waals surface area contributed by atoms with Gasteiger partial charge in [-0.25, -0.2) is 0 Å². The number of allylic oxidation sites excluding steroid dienone is 2. The molecule has 1 aliphatic heterocycles. The van der Waals surface area contributed by atoms with E-state index in [1.165, 1.54) is 5.57 Å². The van der Waals surface area contributed by atoms with E-state index in [1.807, 2.05) is 0 Å². The molecule has 1 heterocycles. The molecular weight excluding hydrogens is 152 g/mol. The van der Waals surface area contributed by atoms with Crippen LogP contribution in [0.25, 0.3) is 0 Å². The van der Waals surface area contributed by atoms with E-state index in [2.05, 4.69) is 19.9 Å². The van der Waals surface area contributed by atoms with E-state index in [4.69, 9.17) is 4.74 Å². The first-order valence-corrected chi connectivity index (χ1v) is 4.59. The van der Waals surface area contributed by atoms with Crippen LogP contribution < -0.4 is 0 Å². The first-order chi connectivity index (χ1) is 5.70. The van der Waals surface area contributed by atoms with Crippen LogP contribution in [-0.2, 0) is 4.74 Å². The maximum absolute atomic E-state index is 9.41. The highest BCUT2D eigenvalue weighted by molar-refractivity contribution is 4.93. The van der Waals surface area contributed by atoms with E-state index >= 15 is 0 Å². The summed E-state index contributed by atoms with van der Waals surface area (Å²) in [7, 11) is 0. The maximum Gasteiger partial charge on any atom is 0.0823 e. The highest BCUT2D eigenvalue weighted by Crippen LogP contribution is 2.19. The summed E-state index contributed by atoms with van der Waals surface area (Å²) in [6, 6.07) is 0. The molecule has 1 saturated heterocycles. The first-order valence-electron chi connectivity index (χ1n) is 4.59. The van der Waals surface area contributed by atoms with Gasteiger partial charge in [0.2, 0.25) is 0 Å². The zero-order valence-electron chi connectivity index (χ0n) is 7.92. The Labute approximate surface area is 74.2 Å². The van der Waals surface area contributed by atoms with Gasteiger partial charge in [0.15, 0.2) is 0 Å². The zero-order valence-corrected chi connectivity index (χ0v) is 7.92. The van der Waals surface area contributed by atoms with Crippen LogP contribution in [0.4, 0.5) is 0 Å². The molecule has 0 amide bonds. The summed E-state index contributed by atoms with van der Waals surface area (Å²) in [5.41, 5.74) is 1.35. The van der Waals surface area contributed by atoms with Gasteiger partial charge in [0.1, 0.15) is 0 Å². The van der Waals surface area contributed by atoms with Crippen molar-refractivity contribution in [3.8, 4) is 0 Å². The molecule has 0 aromatic carbocycles. The zero-order chi connectivity index (χ0) is 8.97. The third-order valence-electron chi connectivity index (χ3n) is 2.25. The van der Waals surface area contributed by atoms with Crippen molar-refractivity contribution in [2.75, 3.05) is 13.2 Å². The second kappa shape index (κ2) is 4.63. The standard InChI is InChI=1S/C10H18O2/c1-8(2)4-3-5-9-6-12-7-10(9)11/h4,9-11H,3,5-7H2,1-2H3/t9-,10-/m1/s1. The van der Waals surface area contributed by atoms with E-state index in [-0.39, 0.29) is 6.10 Å². The Morgan fingerprint density at radius 3 is 2.75 bits per heavy atom. The summed E-state index contributed by atoms with van der Waals surface area (Å²) in [6.45, 7) is 5.46. The summed E-state index contributed by atoms with van der Waals surface area (Å²) >= 11 is 0. The SMILES string of the molecule is CC(C)=CCC[C@@H]1COC[C@H]1O. The Kier molecular flexibility index (Phi) is 3.76. The van der Waals surface area contributed by atoms with Gasteiger partial charge in [-0.15, -0.1) is 0 Å². The lowest BCUT2D eigenvalue weighted by Gasteiger charge is -2.09. The first kappa shape index (κ1) is 9.75. The molecule has 0 bridgehead atoms. The third kappa shape index (κ3) is 2.95. The molecular formula is C10H18O2. The molecule has 1 fully saturated rings. The fourth-order valence-electron chi connectivity index (χ4n) is 1.45. The monoisotopic (exact) mass is 170 g/mol. The van der Waals surface area contributed by atoms with Crippen LogP contribution in [0.1, 0.15) is 26.7 Å². The Hall–Kier alpha value is -0.340. The predicted octanol–water partition coefficient (Wildman–Crippen LogP) is 1.74. The second-order valence-corrected chi connectivity index (χ2v) is 3.72. The van der Waals surface area contributed by atoms with Crippen LogP contribution in [0.3, 0.4) is 0 Å². The molecule has 12 heavy (non-hydrogen) atoms. The number of hydrogen-bond acceptors (Lipinski definition) is 2. The molecule has 0 unspecified atom stereocenters. The van der Waals surface area contributed by atoms with E-state index in [0.29, 0.717) is 12.5 Å². The van der Waals surface area contributed by atoms with Crippen LogP contribution in [0.5, 0.6) is 0 Å². The molecule has 2 heteroatoms. The number of ether oxygens (including phenoxy) is 1. The predicted molar refractivity (Wildman–Crippen MR) is 49.0 cm³/mol. The fraction of sp³-hybridized carbons (Fsp3) is 0.800. The third-order valence-corrected chi connectivity index (χ3v) is 2.25. The molecule has 0 aliphatic carbocycles. The highest BCUT2D eigenvalue weighted by atomic mass is 16.5. The van der Waals surface area contributed by atoms with Gasteiger partial charge in [-0.2, -0.15) is 0 Å². The lowest BCUT2D eigenvalue weighted by atomic mass is 10.00. The highest BCUT2D eigenvalue weighted by Gasteiger charge is 2.24. The van der Waals surface area contributed by atoms with Gasteiger partial charge in [0.25, 0.3) is 0 Å². The number of rotatable bonds is 3. The molecule has 2 nitrogen and oxygen atoms in total. The Bertz CT molecular complexity index is 159. The summed E-state index contributed by atoms with van der Waals surface area (Å²) in [5, 5.41) is 9.41. The lowest BCUT2D eigenvalue weighted by Crippen LogP contribution is -2.17. The molecule has 0 spiro atoms. The average Bonchev–Trinajstić information content (AvgIpc) is 2.36. The summed E-state index contributed by atoms with van der Waals surface area (Å²) in [6.07, 6.45) is 4.10. The molecule has 2 atom stereocenters. The molecule has 1 aliphatic rings. The maximum atomic E-state index is 9.41. The van der Waals surface area contributed by atoms with Crippen molar-refractivity contribution in [1.29, 1.82) is 0 Å². The van der Waals surface area contributed by atoms with Crippen molar-refractivity contribution in [3.63, 3.8) is 0 Å². The molecule has 0 aromatic heterocycles. The van der Waals surface area contributed by atoms with E-state index in [0.717, 1.165) is 19.4 Å². The van der Waals surface area contributed by atoms with Gasteiger partial charge in [-0.1, -0.05) is 11.6 Å². The van der Waals surface area contributed by atoms with Crippen LogP contribution in [0.2, 0.25) is 0 Å². The minimum absolute atomic E-state index is 0.226. The van der Waals surface area contributed by atoms with Gasteiger partial charge in [0.05, 0.1) is 19.3 Å². The van der Waals surface area contributed by atoms with Crippen molar-refractivity contribution in [2.24, 2.45) is 5.92 Å². The topological polar surface area (TPSA) is 29.5 Å². The van der Waals surface area contributed by atoms with Gasteiger partial charge in [-0.05, 0) is 26.7 Å². The largest absolute Gasteiger partial charge is 0.390 e. The van der Waals surface area contributed by atoms with Crippen molar-refractivity contribution >= 4 is 0 Å². The van der Waals surface area contributed by atoms with Crippen molar-refractivity contribution in [1.82, 2.24) is 0 Å². The number of aliphatic hydroxyl groups is 1. The van der Waals surface area contributed by atoms with Crippen LogP contribution in [0.15, 0.2) is 11.6 Å². The summed E-state index contributed by atoms with van der Waals surface area (Å²) < 4.78 is 5.16. The average molecular weight is 170 g/mol. The molecule has 0 aromatic rings. The number of aliphatic hydroxyl groups excluding tert-OH is 1. The smallest absolute Gasteiger partial charge is 0.0823 e. The molecule has 1 rings (SSSR count). The van der Waals surface area contributed by atoms with E-state index < -0.39 is 0 Å². The van der Waals surface area contributed by atoms with Crippen molar-refractivity contribution < 1.29 is 9.84 Å². The van der Waals surface area contributed by atoms with Crippen molar-refractivity contribution in [3.05, 3.63) is 11.6 Å². The summed E-state index contributed by atoms with van der Waals surface area (Å²) in [4.78, 5) is 0. The molecule has 70 valence electrons. The van der Waals surface area contributed by atoms with Gasteiger partial charge in [0, 0.05) is 5.92 Å². The van der Waals surface area contributed by atoms with Crippen LogP contribution >= 0.6 is 0 Å². The van der Waals surface area contributed by atoms with Crippen LogP contribution in [0, 0.1) is 5.92 Å². The molecule has 0 radical (unpaired) electrons.